The van der Waals surface area contributed by atoms with Crippen LogP contribution in [0.25, 0.3) is 0 Å². The molecule has 1 heterocycles. The molecule has 0 radical (unpaired) electrons. The monoisotopic (exact) mass is 376 g/mol. The van der Waals surface area contributed by atoms with Crippen LogP contribution in [0.2, 0.25) is 0 Å². The number of halogens is 2. The Morgan fingerprint density at radius 2 is 1.96 bits per heavy atom. The van der Waals surface area contributed by atoms with E-state index in [1.807, 2.05) is 6.07 Å². The summed E-state index contributed by atoms with van der Waals surface area (Å²) in [6.45, 7) is 0.479. The zero-order valence-corrected chi connectivity index (χ0v) is 14.9. The summed E-state index contributed by atoms with van der Waals surface area (Å²) in [7, 11) is 0. The number of furan rings is 1. The second kappa shape index (κ2) is 8.79. The Labute approximate surface area is 156 Å². The van der Waals surface area contributed by atoms with Gasteiger partial charge in [-0.3, -0.25) is 9.59 Å². The van der Waals surface area contributed by atoms with E-state index < -0.39 is 17.5 Å². The smallest absolute Gasteiger partial charge is 0.254 e. The number of hydrogen-bond donors (Lipinski definition) is 1. The van der Waals surface area contributed by atoms with Gasteiger partial charge in [-0.1, -0.05) is 12.8 Å². The van der Waals surface area contributed by atoms with Crippen molar-refractivity contribution in [3.63, 3.8) is 0 Å². The third-order valence-electron chi connectivity index (χ3n) is 4.79. The van der Waals surface area contributed by atoms with E-state index in [9.17, 15) is 18.4 Å². The minimum atomic E-state index is -0.927. The van der Waals surface area contributed by atoms with Gasteiger partial charge in [0.05, 0.1) is 18.4 Å². The summed E-state index contributed by atoms with van der Waals surface area (Å²) in [4.78, 5) is 26.5. The van der Waals surface area contributed by atoms with E-state index in [2.05, 4.69) is 5.32 Å². The molecule has 1 aliphatic rings. The van der Waals surface area contributed by atoms with Crippen molar-refractivity contribution in [2.45, 2.75) is 44.7 Å². The fourth-order valence-electron chi connectivity index (χ4n) is 3.40. The molecule has 27 heavy (non-hydrogen) atoms. The van der Waals surface area contributed by atoms with E-state index in [1.54, 1.807) is 17.2 Å². The van der Waals surface area contributed by atoms with Crippen molar-refractivity contribution in [2.75, 3.05) is 6.54 Å². The summed E-state index contributed by atoms with van der Waals surface area (Å²) in [5.74, 6) is -1.71. The number of nitrogens with one attached hydrogen (secondary N) is 1. The Bertz CT molecular complexity index is 787. The van der Waals surface area contributed by atoms with Gasteiger partial charge >= 0.3 is 0 Å². The lowest BCUT2D eigenvalue weighted by Crippen LogP contribution is -2.40. The van der Waals surface area contributed by atoms with Crippen LogP contribution in [-0.4, -0.2) is 29.3 Å². The van der Waals surface area contributed by atoms with Crippen molar-refractivity contribution >= 4 is 11.8 Å². The summed E-state index contributed by atoms with van der Waals surface area (Å²) in [5.41, 5.74) is -0.243. The van der Waals surface area contributed by atoms with Crippen LogP contribution in [-0.2, 0) is 11.3 Å². The number of benzene rings is 1. The first-order valence-electron chi connectivity index (χ1n) is 9.09. The van der Waals surface area contributed by atoms with E-state index in [-0.39, 0.29) is 30.5 Å². The molecule has 1 aromatic carbocycles. The predicted molar refractivity (Wildman–Crippen MR) is 94.8 cm³/mol. The Morgan fingerprint density at radius 3 is 2.63 bits per heavy atom. The molecule has 2 amide bonds. The van der Waals surface area contributed by atoms with Gasteiger partial charge in [0.25, 0.3) is 5.91 Å². The van der Waals surface area contributed by atoms with Crippen molar-refractivity contribution in [1.82, 2.24) is 10.2 Å². The van der Waals surface area contributed by atoms with Gasteiger partial charge in [-0.2, -0.15) is 0 Å². The number of carbonyl (C=O) groups excluding carboxylic acids is 2. The average Bonchev–Trinajstić information content (AvgIpc) is 3.33. The molecule has 0 saturated heterocycles. The lowest BCUT2D eigenvalue weighted by Gasteiger charge is -2.28. The second-order valence-electron chi connectivity index (χ2n) is 6.67. The Hall–Kier alpha value is -2.70. The molecule has 1 saturated carbocycles. The normalized spacial score (nSPS) is 14.3. The van der Waals surface area contributed by atoms with Crippen molar-refractivity contribution < 1.29 is 22.8 Å². The SMILES string of the molecule is O=C(NCCC(=O)N(Cc1ccco1)C1CCCC1)c1ccc(F)cc1F. The highest BCUT2D eigenvalue weighted by atomic mass is 19.1. The first-order valence-corrected chi connectivity index (χ1v) is 9.09. The van der Waals surface area contributed by atoms with Gasteiger partial charge in [0.2, 0.25) is 5.91 Å². The molecule has 144 valence electrons. The van der Waals surface area contributed by atoms with Crippen LogP contribution in [0.15, 0.2) is 41.0 Å². The molecule has 1 aromatic heterocycles. The topological polar surface area (TPSA) is 62.6 Å². The summed E-state index contributed by atoms with van der Waals surface area (Å²) >= 11 is 0. The first-order chi connectivity index (χ1) is 13.0. The van der Waals surface area contributed by atoms with Gasteiger partial charge in [-0.15, -0.1) is 0 Å². The van der Waals surface area contributed by atoms with E-state index in [0.29, 0.717) is 18.4 Å². The highest BCUT2D eigenvalue weighted by Crippen LogP contribution is 2.25. The molecule has 0 unspecified atom stereocenters. The summed E-state index contributed by atoms with van der Waals surface area (Å²) in [6, 6.07) is 6.55. The van der Waals surface area contributed by atoms with E-state index in [1.165, 1.54) is 0 Å². The fraction of sp³-hybridized carbons (Fsp3) is 0.400. The quantitative estimate of drug-likeness (QED) is 0.802. The molecule has 3 rings (SSSR count). The Morgan fingerprint density at radius 1 is 1.19 bits per heavy atom. The standard InChI is InChI=1S/C20H22F2N2O3/c21-14-7-8-17(18(22)12-14)20(26)23-10-9-19(25)24(15-4-1-2-5-15)13-16-6-3-11-27-16/h3,6-8,11-12,15H,1-2,4-5,9-10,13H2,(H,23,26). The van der Waals surface area contributed by atoms with Gasteiger partial charge in [-0.25, -0.2) is 8.78 Å². The molecule has 1 aliphatic carbocycles. The number of hydrogen-bond acceptors (Lipinski definition) is 3. The van der Waals surface area contributed by atoms with E-state index in [4.69, 9.17) is 4.42 Å². The third-order valence-corrected chi connectivity index (χ3v) is 4.79. The molecular formula is C20H22F2N2O3. The largest absolute Gasteiger partial charge is 0.467 e. The lowest BCUT2D eigenvalue weighted by molar-refractivity contribution is -0.134. The minimum absolute atomic E-state index is 0.0792. The zero-order chi connectivity index (χ0) is 19.2. The van der Waals surface area contributed by atoms with Gasteiger partial charge in [0.1, 0.15) is 17.4 Å². The van der Waals surface area contributed by atoms with E-state index in [0.717, 1.165) is 37.8 Å². The van der Waals surface area contributed by atoms with Crippen molar-refractivity contribution in [1.29, 1.82) is 0 Å². The predicted octanol–water partition coefficient (Wildman–Crippen LogP) is 3.65. The lowest BCUT2D eigenvalue weighted by atomic mass is 10.1. The van der Waals surface area contributed by atoms with Gasteiger partial charge in [0.15, 0.2) is 0 Å². The molecule has 0 atom stereocenters. The molecule has 0 spiro atoms. The average molecular weight is 376 g/mol. The summed E-state index contributed by atoms with van der Waals surface area (Å²) in [6.07, 6.45) is 5.77. The van der Waals surface area contributed by atoms with Gasteiger partial charge in [-0.05, 0) is 37.1 Å². The first kappa shape index (κ1) is 19.1. The second-order valence-corrected chi connectivity index (χ2v) is 6.67. The van der Waals surface area contributed by atoms with Gasteiger partial charge in [0, 0.05) is 25.1 Å². The van der Waals surface area contributed by atoms with Crippen LogP contribution < -0.4 is 5.32 Å². The summed E-state index contributed by atoms with van der Waals surface area (Å²) < 4.78 is 31.9. The number of nitrogens with zero attached hydrogens (tertiary/aromatic N) is 1. The van der Waals surface area contributed by atoms with Crippen molar-refractivity contribution in [3.05, 3.63) is 59.6 Å². The van der Waals surface area contributed by atoms with E-state index >= 15 is 0 Å². The molecule has 1 fully saturated rings. The van der Waals surface area contributed by atoms with Crippen LogP contribution in [0, 0.1) is 11.6 Å². The number of carbonyl (C=O) groups is 2. The molecule has 0 aliphatic heterocycles. The minimum Gasteiger partial charge on any atom is -0.467 e. The molecule has 2 aromatic rings. The highest BCUT2D eigenvalue weighted by Gasteiger charge is 2.27. The molecule has 0 bridgehead atoms. The summed E-state index contributed by atoms with van der Waals surface area (Å²) in [5, 5.41) is 2.52. The van der Waals surface area contributed by atoms with Gasteiger partial charge < -0.3 is 14.6 Å². The maximum Gasteiger partial charge on any atom is 0.254 e. The van der Waals surface area contributed by atoms with Crippen LogP contribution >= 0.6 is 0 Å². The van der Waals surface area contributed by atoms with Crippen molar-refractivity contribution in [3.8, 4) is 0 Å². The number of rotatable bonds is 7. The molecule has 5 nitrogen and oxygen atoms in total. The molecule has 1 N–H and O–H groups in total. The maximum absolute atomic E-state index is 13.6. The highest BCUT2D eigenvalue weighted by molar-refractivity contribution is 5.94. The Kier molecular flexibility index (Phi) is 6.21. The fourth-order valence-corrected chi connectivity index (χ4v) is 3.40. The third kappa shape index (κ3) is 4.93. The van der Waals surface area contributed by atoms with Crippen molar-refractivity contribution in [2.24, 2.45) is 0 Å². The zero-order valence-electron chi connectivity index (χ0n) is 14.9. The van der Waals surface area contributed by atoms with Crippen LogP contribution in [0.5, 0.6) is 0 Å². The van der Waals surface area contributed by atoms with Crippen LogP contribution in [0.3, 0.4) is 0 Å². The maximum atomic E-state index is 13.6. The molecule has 7 heteroatoms. The Balaban J connectivity index is 1.56. The number of amides is 2. The molecular weight excluding hydrogens is 354 g/mol. The van der Waals surface area contributed by atoms with Crippen LogP contribution in [0.4, 0.5) is 8.78 Å². The van der Waals surface area contributed by atoms with Crippen LogP contribution in [0.1, 0.15) is 48.2 Å².